The molecule has 2 aromatic heterocycles. The van der Waals surface area contributed by atoms with Crippen molar-refractivity contribution in [3.05, 3.63) is 120 Å². The first-order valence-electron chi connectivity index (χ1n) is 17.7. The largest absolute Gasteiger partial charge is 0.508 e. The zero-order chi connectivity index (χ0) is 36.4. The Balaban J connectivity index is 1.09. The monoisotopic (exact) mass is 710 g/mol. The van der Waals surface area contributed by atoms with Crippen molar-refractivity contribution in [1.29, 1.82) is 0 Å². The molecule has 1 atom stereocenters. The molecule has 1 fully saturated rings. The zero-order valence-electron chi connectivity index (χ0n) is 29.4. The lowest BCUT2D eigenvalue weighted by molar-refractivity contribution is 0.475. The minimum atomic E-state index is -0.0283. The van der Waals surface area contributed by atoms with Crippen LogP contribution in [0, 0.1) is 0 Å². The number of hydrogen-bond donors (Lipinski definition) is 5. The summed E-state index contributed by atoms with van der Waals surface area (Å²) in [5.41, 5.74) is 9.31. The molecule has 0 spiro atoms. The lowest BCUT2D eigenvalue weighted by Gasteiger charge is -2.41. The number of ether oxygens (including phenoxy) is 1. The maximum Gasteiger partial charge on any atom is 0.233 e. The minimum Gasteiger partial charge on any atom is -0.508 e. The van der Waals surface area contributed by atoms with Crippen LogP contribution in [-0.2, 0) is 12.8 Å². The van der Waals surface area contributed by atoms with Crippen LogP contribution in [0.25, 0.3) is 0 Å². The molecule has 6 N–H and O–H groups in total. The van der Waals surface area contributed by atoms with Crippen LogP contribution >= 0.6 is 0 Å². The molecule has 0 bridgehead atoms. The van der Waals surface area contributed by atoms with Crippen LogP contribution in [0.15, 0.2) is 109 Å². The summed E-state index contributed by atoms with van der Waals surface area (Å²) in [6, 6.07) is 34.8. The van der Waals surface area contributed by atoms with Gasteiger partial charge < -0.3 is 41.3 Å². The molecule has 6 aromatic rings. The topological polar surface area (TPSA) is 175 Å². The van der Waals surface area contributed by atoms with Crippen LogP contribution in [0.3, 0.4) is 0 Å². The van der Waals surface area contributed by atoms with E-state index >= 15 is 0 Å². The third kappa shape index (κ3) is 9.35. The van der Waals surface area contributed by atoms with Gasteiger partial charge in [0.05, 0.1) is 6.04 Å². The number of piperazine rings is 1. The summed E-state index contributed by atoms with van der Waals surface area (Å²) in [5, 5.41) is 19.5. The molecule has 7 rings (SSSR count). The van der Waals surface area contributed by atoms with Gasteiger partial charge in [-0.1, -0.05) is 60.7 Å². The van der Waals surface area contributed by atoms with Gasteiger partial charge in [-0.05, 0) is 79.4 Å². The molecular formula is C39H42N12O2. The molecule has 0 radical (unpaired) electrons. The smallest absolute Gasteiger partial charge is 0.233 e. The third-order valence-electron chi connectivity index (χ3n) is 8.66. The summed E-state index contributed by atoms with van der Waals surface area (Å²) in [7, 11) is 0. The number of para-hydroxylation sites is 1. The van der Waals surface area contributed by atoms with E-state index in [0.29, 0.717) is 68.2 Å². The van der Waals surface area contributed by atoms with E-state index < -0.39 is 0 Å². The number of aromatic nitrogens is 6. The average molecular weight is 711 g/mol. The highest BCUT2D eigenvalue weighted by Gasteiger charge is 2.31. The second-order valence-corrected chi connectivity index (χ2v) is 12.5. The van der Waals surface area contributed by atoms with Gasteiger partial charge in [-0.15, -0.1) is 0 Å². The van der Waals surface area contributed by atoms with E-state index in [9.17, 15) is 5.11 Å². The fraction of sp³-hybridized carbons (Fsp3) is 0.231. The van der Waals surface area contributed by atoms with Crippen LogP contribution in [0.4, 0.5) is 41.4 Å². The van der Waals surface area contributed by atoms with E-state index in [2.05, 4.69) is 52.8 Å². The molecule has 4 aromatic carbocycles. The van der Waals surface area contributed by atoms with Crippen molar-refractivity contribution in [2.24, 2.45) is 0 Å². The first-order chi connectivity index (χ1) is 26.0. The number of benzene rings is 4. The number of nitrogens with one attached hydrogen (secondary N) is 3. The van der Waals surface area contributed by atoms with E-state index in [0.717, 1.165) is 29.8 Å². The molecule has 3 heterocycles. The second-order valence-electron chi connectivity index (χ2n) is 12.5. The van der Waals surface area contributed by atoms with Gasteiger partial charge in [-0.2, -0.15) is 29.9 Å². The fourth-order valence-corrected chi connectivity index (χ4v) is 6.09. The molecule has 0 aliphatic carbocycles. The van der Waals surface area contributed by atoms with Crippen molar-refractivity contribution >= 4 is 41.4 Å². The summed E-state index contributed by atoms with van der Waals surface area (Å²) in [6.45, 7) is 5.10. The number of phenolic OH excluding ortho intramolecular Hbond substituents is 1. The highest BCUT2D eigenvalue weighted by Crippen LogP contribution is 2.27. The van der Waals surface area contributed by atoms with Gasteiger partial charge in [0.15, 0.2) is 0 Å². The number of aromatic hydroxyl groups is 1. The summed E-state index contributed by atoms with van der Waals surface area (Å²) in [4.78, 5) is 32.4. The average Bonchev–Trinajstić information content (AvgIpc) is 3.17. The van der Waals surface area contributed by atoms with Crippen molar-refractivity contribution in [3.8, 4) is 17.2 Å². The lowest BCUT2D eigenvalue weighted by atomic mass is 10.0. The summed E-state index contributed by atoms with van der Waals surface area (Å²) in [6.07, 6.45) is 1.49. The van der Waals surface area contributed by atoms with Crippen molar-refractivity contribution in [3.63, 3.8) is 0 Å². The van der Waals surface area contributed by atoms with Gasteiger partial charge in [0, 0.05) is 38.4 Å². The van der Waals surface area contributed by atoms with Gasteiger partial charge >= 0.3 is 0 Å². The van der Waals surface area contributed by atoms with E-state index in [1.165, 1.54) is 5.56 Å². The maximum atomic E-state index is 9.63. The summed E-state index contributed by atoms with van der Waals surface area (Å²) < 4.78 is 5.93. The quantitative estimate of drug-likeness (QED) is 0.0903. The molecule has 0 amide bonds. The molecule has 0 saturated carbocycles. The Bertz CT molecular complexity index is 2070. The zero-order valence-corrected chi connectivity index (χ0v) is 29.4. The Morgan fingerprint density at radius 2 is 1.38 bits per heavy atom. The third-order valence-corrected chi connectivity index (χ3v) is 8.66. The fourth-order valence-electron chi connectivity index (χ4n) is 6.09. The Morgan fingerprint density at radius 1 is 0.698 bits per heavy atom. The maximum absolute atomic E-state index is 9.63. The Kier molecular flexibility index (Phi) is 10.8. The Morgan fingerprint density at radius 3 is 2.11 bits per heavy atom. The molecular weight excluding hydrogens is 669 g/mol. The normalized spacial score (nSPS) is 14.1. The summed E-state index contributed by atoms with van der Waals surface area (Å²) >= 11 is 0. The molecule has 14 heteroatoms. The van der Waals surface area contributed by atoms with Gasteiger partial charge in [-0.25, -0.2) is 0 Å². The van der Waals surface area contributed by atoms with Gasteiger partial charge in [0.25, 0.3) is 0 Å². The molecule has 1 unspecified atom stereocenters. The van der Waals surface area contributed by atoms with Crippen LogP contribution in [0.1, 0.15) is 18.1 Å². The Hall–Kier alpha value is -6.70. The van der Waals surface area contributed by atoms with E-state index in [-0.39, 0.29) is 17.7 Å². The first kappa shape index (κ1) is 34.7. The highest BCUT2D eigenvalue weighted by atomic mass is 16.5. The van der Waals surface area contributed by atoms with Crippen molar-refractivity contribution in [1.82, 2.24) is 29.9 Å². The van der Waals surface area contributed by atoms with E-state index in [1.54, 1.807) is 12.1 Å². The van der Waals surface area contributed by atoms with Gasteiger partial charge in [0.2, 0.25) is 35.7 Å². The number of nitrogens with two attached hydrogens (primary N) is 1. The van der Waals surface area contributed by atoms with Gasteiger partial charge in [0.1, 0.15) is 17.2 Å². The van der Waals surface area contributed by atoms with Crippen LogP contribution in [0.5, 0.6) is 17.2 Å². The molecule has 53 heavy (non-hydrogen) atoms. The first-order valence-corrected chi connectivity index (χ1v) is 17.7. The van der Waals surface area contributed by atoms with E-state index in [4.69, 9.17) is 25.4 Å². The standard InChI is InChI=1S/C39H42N12O2/c1-2-41-35-46-36(42-22-21-27-13-17-31(52)18-14-27)48-39(47-35)51-24-23-50(26-30(51)25-28-9-5-3-6-10-28)38-45-34(40)44-37(49-38)43-29-15-19-33(20-16-29)53-32-11-7-4-8-12-32/h3-20,30,52H,2,21-26H2,1H3,(H3,40,43,44,45,49)(H2,41,42,46,47,48). The number of anilines is 7. The van der Waals surface area contributed by atoms with Crippen LogP contribution in [0.2, 0.25) is 0 Å². The molecule has 14 nitrogen and oxygen atoms in total. The van der Waals surface area contributed by atoms with Crippen molar-refractivity contribution in [2.45, 2.75) is 25.8 Å². The highest BCUT2D eigenvalue weighted by molar-refractivity contribution is 5.57. The lowest BCUT2D eigenvalue weighted by Crippen LogP contribution is -2.55. The SMILES string of the molecule is CCNc1nc(NCCc2ccc(O)cc2)nc(N2CCN(c3nc(N)nc(Nc4ccc(Oc5ccccc5)cc4)n3)CC2Cc2ccccc2)n1. The summed E-state index contributed by atoms with van der Waals surface area (Å²) in [5.74, 6) is 4.27. The number of hydrogen-bond acceptors (Lipinski definition) is 14. The number of rotatable bonds is 14. The van der Waals surface area contributed by atoms with Gasteiger partial charge in [-0.3, -0.25) is 0 Å². The second kappa shape index (κ2) is 16.5. The number of nitrogen functional groups attached to an aromatic ring is 1. The van der Waals surface area contributed by atoms with E-state index in [1.807, 2.05) is 91.9 Å². The molecule has 270 valence electrons. The number of nitrogens with zero attached hydrogens (tertiary/aromatic N) is 8. The van der Waals surface area contributed by atoms with Crippen LogP contribution < -0.4 is 36.2 Å². The number of phenols is 1. The molecule has 1 aliphatic heterocycles. The van der Waals surface area contributed by atoms with Crippen molar-refractivity contribution < 1.29 is 9.84 Å². The minimum absolute atomic E-state index is 0.0283. The molecule has 1 saturated heterocycles. The van der Waals surface area contributed by atoms with Crippen LogP contribution in [-0.4, -0.2) is 73.8 Å². The molecule has 1 aliphatic rings. The predicted molar refractivity (Wildman–Crippen MR) is 208 cm³/mol. The predicted octanol–water partition coefficient (Wildman–Crippen LogP) is 5.90. The Labute approximate surface area is 308 Å². The van der Waals surface area contributed by atoms with Crippen molar-refractivity contribution in [2.75, 3.05) is 64.2 Å².